The topological polar surface area (TPSA) is 25.4 Å². The van der Waals surface area contributed by atoms with Crippen molar-refractivity contribution in [3.05, 3.63) is 22.3 Å². The molecule has 1 unspecified atom stereocenters. The summed E-state index contributed by atoms with van der Waals surface area (Å²) in [6.07, 6.45) is 2.45. The van der Waals surface area contributed by atoms with E-state index in [0.29, 0.717) is 5.92 Å². The highest BCUT2D eigenvalue weighted by Gasteiger charge is 2.16. The second-order valence-corrected chi connectivity index (χ2v) is 5.55. The van der Waals surface area contributed by atoms with E-state index in [1.165, 1.54) is 12.8 Å². The quantitative estimate of drug-likeness (QED) is 0.858. The Kier molecular flexibility index (Phi) is 4.40. The zero-order chi connectivity index (χ0) is 12.3. The fourth-order valence-corrected chi connectivity index (χ4v) is 2.40. The SMILES string of the molecule is Cc1nc(N(C)CC2CCCOC2)ccc1Br. The lowest BCUT2D eigenvalue weighted by molar-refractivity contribution is 0.0576. The zero-order valence-electron chi connectivity index (χ0n) is 10.4. The number of aromatic nitrogens is 1. The number of anilines is 1. The van der Waals surface area contributed by atoms with Crippen LogP contribution in [0.25, 0.3) is 0 Å². The molecule has 1 aromatic rings. The third kappa shape index (κ3) is 3.42. The van der Waals surface area contributed by atoms with E-state index in [2.05, 4.69) is 45.0 Å². The number of rotatable bonds is 3. The van der Waals surface area contributed by atoms with Gasteiger partial charge in [0.25, 0.3) is 0 Å². The number of hydrogen-bond acceptors (Lipinski definition) is 3. The Bertz CT molecular complexity index is 378. The van der Waals surface area contributed by atoms with Crippen LogP contribution in [0.3, 0.4) is 0 Å². The number of aryl methyl sites for hydroxylation is 1. The molecule has 1 saturated heterocycles. The van der Waals surface area contributed by atoms with Crippen molar-refractivity contribution in [3.8, 4) is 0 Å². The van der Waals surface area contributed by atoms with Crippen LogP contribution in [0, 0.1) is 12.8 Å². The molecule has 0 spiro atoms. The number of pyridine rings is 1. The van der Waals surface area contributed by atoms with Gasteiger partial charge in [-0.25, -0.2) is 4.98 Å². The van der Waals surface area contributed by atoms with Gasteiger partial charge in [0.2, 0.25) is 0 Å². The molecule has 0 aromatic carbocycles. The molecule has 0 amide bonds. The van der Waals surface area contributed by atoms with Crippen LogP contribution >= 0.6 is 15.9 Å². The highest BCUT2D eigenvalue weighted by molar-refractivity contribution is 9.10. The fraction of sp³-hybridized carbons (Fsp3) is 0.615. The summed E-state index contributed by atoms with van der Waals surface area (Å²) in [5.74, 6) is 1.68. The largest absolute Gasteiger partial charge is 0.381 e. The molecule has 0 aliphatic carbocycles. The smallest absolute Gasteiger partial charge is 0.128 e. The average Bonchev–Trinajstić information content (AvgIpc) is 2.34. The van der Waals surface area contributed by atoms with Gasteiger partial charge in [-0.1, -0.05) is 0 Å². The molecule has 1 aliphatic heterocycles. The fourth-order valence-electron chi connectivity index (χ4n) is 2.18. The number of hydrogen-bond donors (Lipinski definition) is 0. The Morgan fingerprint density at radius 3 is 3.00 bits per heavy atom. The van der Waals surface area contributed by atoms with Gasteiger partial charge in [-0.05, 0) is 53.7 Å². The normalized spacial score (nSPS) is 20.3. The van der Waals surface area contributed by atoms with Crippen LogP contribution in [-0.2, 0) is 4.74 Å². The molecule has 0 bridgehead atoms. The van der Waals surface area contributed by atoms with Crippen LogP contribution in [-0.4, -0.2) is 31.8 Å². The highest BCUT2D eigenvalue weighted by Crippen LogP contribution is 2.21. The predicted octanol–water partition coefficient (Wildman–Crippen LogP) is 3.02. The summed E-state index contributed by atoms with van der Waals surface area (Å²) in [5, 5.41) is 0. The van der Waals surface area contributed by atoms with Crippen molar-refractivity contribution in [1.29, 1.82) is 0 Å². The van der Waals surface area contributed by atoms with Gasteiger partial charge in [0.05, 0.1) is 12.3 Å². The molecule has 3 nitrogen and oxygen atoms in total. The highest BCUT2D eigenvalue weighted by atomic mass is 79.9. The summed E-state index contributed by atoms with van der Waals surface area (Å²) in [5.41, 5.74) is 1.04. The van der Waals surface area contributed by atoms with Crippen LogP contribution < -0.4 is 4.90 Å². The first-order chi connectivity index (χ1) is 8.16. The van der Waals surface area contributed by atoms with Crippen molar-refractivity contribution >= 4 is 21.7 Å². The third-order valence-electron chi connectivity index (χ3n) is 3.18. The van der Waals surface area contributed by atoms with Crippen LogP contribution in [0.4, 0.5) is 5.82 Å². The van der Waals surface area contributed by atoms with Gasteiger partial charge in [0.1, 0.15) is 5.82 Å². The molecule has 2 rings (SSSR count). The second-order valence-electron chi connectivity index (χ2n) is 4.70. The van der Waals surface area contributed by atoms with Gasteiger partial charge in [0.15, 0.2) is 0 Å². The minimum atomic E-state index is 0.638. The van der Waals surface area contributed by atoms with Gasteiger partial charge >= 0.3 is 0 Å². The van der Waals surface area contributed by atoms with Gasteiger partial charge in [-0.3, -0.25) is 0 Å². The summed E-state index contributed by atoms with van der Waals surface area (Å²) < 4.78 is 6.57. The number of ether oxygens (including phenoxy) is 1. The second kappa shape index (κ2) is 5.83. The summed E-state index contributed by atoms with van der Waals surface area (Å²) in [4.78, 5) is 6.80. The molecule has 17 heavy (non-hydrogen) atoms. The first-order valence-corrected chi connectivity index (χ1v) is 6.88. The van der Waals surface area contributed by atoms with Crippen LogP contribution in [0.5, 0.6) is 0 Å². The van der Waals surface area contributed by atoms with Crippen molar-refractivity contribution in [2.45, 2.75) is 19.8 Å². The summed E-state index contributed by atoms with van der Waals surface area (Å²) in [6.45, 7) is 4.86. The maximum Gasteiger partial charge on any atom is 0.128 e. The minimum Gasteiger partial charge on any atom is -0.381 e. The van der Waals surface area contributed by atoms with E-state index in [4.69, 9.17) is 4.74 Å². The van der Waals surface area contributed by atoms with E-state index in [0.717, 1.165) is 35.7 Å². The van der Waals surface area contributed by atoms with E-state index >= 15 is 0 Å². The number of halogens is 1. The van der Waals surface area contributed by atoms with Crippen molar-refractivity contribution in [2.24, 2.45) is 5.92 Å². The first-order valence-electron chi connectivity index (χ1n) is 6.09. The number of nitrogens with zero attached hydrogens (tertiary/aromatic N) is 2. The molecule has 94 valence electrons. The lowest BCUT2D eigenvalue weighted by Crippen LogP contribution is -2.31. The van der Waals surface area contributed by atoms with E-state index in [1.807, 2.05) is 6.92 Å². The Balaban J connectivity index is 1.98. The minimum absolute atomic E-state index is 0.638. The van der Waals surface area contributed by atoms with E-state index < -0.39 is 0 Å². The Morgan fingerprint density at radius 1 is 1.53 bits per heavy atom. The Morgan fingerprint density at radius 2 is 2.35 bits per heavy atom. The molecule has 0 radical (unpaired) electrons. The molecular formula is C13H19BrN2O. The van der Waals surface area contributed by atoms with E-state index in [9.17, 15) is 0 Å². The molecule has 2 heterocycles. The molecule has 1 atom stereocenters. The first kappa shape index (κ1) is 12.8. The van der Waals surface area contributed by atoms with E-state index in [1.54, 1.807) is 0 Å². The van der Waals surface area contributed by atoms with Crippen LogP contribution in [0.1, 0.15) is 18.5 Å². The monoisotopic (exact) mass is 298 g/mol. The summed E-state index contributed by atoms with van der Waals surface area (Å²) in [6, 6.07) is 4.12. The van der Waals surface area contributed by atoms with Gasteiger partial charge < -0.3 is 9.64 Å². The Hall–Kier alpha value is -0.610. The Labute approximate surface area is 111 Å². The van der Waals surface area contributed by atoms with Gasteiger partial charge in [-0.2, -0.15) is 0 Å². The van der Waals surface area contributed by atoms with Gasteiger partial charge in [0, 0.05) is 24.7 Å². The van der Waals surface area contributed by atoms with Crippen molar-refractivity contribution in [1.82, 2.24) is 4.98 Å². The van der Waals surface area contributed by atoms with Crippen molar-refractivity contribution in [3.63, 3.8) is 0 Å². The lowest BCUT2D eigenvalue weighted by atomic mass is 10.0. The third-order valence-corrected chi connectivity index (χ3v) is 4.02. The van der Waals surface area contributed by atoms with Crippen LogP contribution in [0.2, 0.25) is 0 Å². The molecule has 0 N–H and O–H groups in total. The average molecular weight is 299 g/mol. The molecule has 1 aliphatic rings. The molecule has 1 aromatic heterocycles. The standard InChI is InChI=1S/C13H19BrN2O/c1-10-12(14)5-6-13(15-10)16(2)8-11-4-3-7-17-9-11/h5-6,11H,3-4,7-9H2,1-2H3. The zero-order valence-corrected chi connectivity index (χ0v) is 12.0. The van der Waals surface area contributed by atoms with Crippen LogP contribution in [0.15, 0.2) is 16.6 Å². The van der Waals surface area contributed by atoms with Crippen molar-refractivity contribution in [2.75, 3.05) is 31.7 Å². The molecule has 0 saturated carbocycles. The van der Waals surface area contributed by atoms with Gasteiger partial charge in [-0.15, -0.1) is 0 Å². The maximum absolute atomic E-state index is 5.51. The summed E-state index contributed by atoms with van der Waals surface area (Å²) in [7, 11) is 2.10. The molecule has 1 fully saturated rings. The molecule has 4 heteroatoms. The lowest BCUT2D eigenvalue weighted by Gasteiger charge is -2.28. The van der Waals surface area contributed by atoms with E-state index in [-0.39, 0.29) is 0 Å². The summed E-state index contributed by atoms with van der Waals surface area (Å²) >= 11 is 3.48. The van der Waals surface area contributed by atoms with Crippen molar-refractivity contribution < 1.29 is 4.74 Å². The maximum atomic E-state index is 5.51. The predicted molar refractivity (Wildman–Crippen MR) is 73.5 cm³/mol. The molecular weight excluding hydrogens is 280 g/mol.